The van der Waals surface area contributed by atoms with Crippen LogP contribution in [0.3, 0.4) is 0 Å². The lowest BCUT2D eigenvalue weighted by Gasteiger charge is -2.44. The summed E-state index contributed by atoms with van der Waals surface area (Å²) in [4.78, 5) is 26.3. The van der Waals surface area contributed by atoms with Crippen LogP contribution in [-0.2, 0) is 20.9 Å². The standard InChI is InChI=1S/C16H18N2O3S/c17-11-13(19)18-12(16(7-4-8-16)22-14(11)18)15(20)21-9-10-5-2-1-3-6-10/h1-3,5-6,11-12,14H,4,7-9,17H2/t11?,12?,14-/m0/s1. The van der Waals surface area contributed by atoms with Crippen LogP contribution < -0.4 is 5.73 Å². The summed E-state index contributed by atoms with van der Waals surface area (Å²) in [6.45, 7) is 0.246. The molecule has 3 aliphatic rings. The summed E-state index contributed by atoms with van der Waals surface area (Å²) in [5, 5.41) is -0.0536. The maximum atomic E-state index is 12.6. The Morgan fingerprint density at radius 2 is 2.09 bits per heavy atom. The lowest BCUT2D eigenvalue weighted by molar-refractivity contribution is -0.165. The highest BCUT2D eigenvalue weighted by Crippen LogP contribution is 2.59. The van der Waals surface area contributed by atoms with Gasteiger partial charge >= 0.3 is 5.97 Å². The fourth-order valence-electron chi connectivity index (χ4n) is 3.53. The Hall–Kier alpha value is -1.53. The number of hydrogen-bond acceptors (Lipinski definition) is 5. The highest BCUT2D eigenvalue weighted by Gasteiger charge is 2.67. The van der Waals surface area contributed by atoms with Crippen molar-refractivity contribution in [1.82, 2.24) is 4.90 Å². The van der Waals surface area contributed by atoms with Gasteiger partial charge in [0.05, 0.1) is 0 Å². The van der Waals surface area contributed by atoms with Gasteiger partial charge in [0.25, 0.3) is 0 Å². The van der Waals surface area contributed by atoms with E-state index in [1.807, 2.05) is 30.3 Å². The van der Waals surface area contributed by atoms with Crippen LogP contribution in [0.15, 0.2) is 30.3 Å². The summed E-state index contributed by atoms with van der Waals surface area (Å²) in [5.74, 6) is -0.415. The molecule has 2 aliphatic heterocycles. The quantitative estimate of drug-likeness (QED) is 0.671. The summed E-state index contributed by atoms with van der Waals surface area (Å²) in [6.07, 6.45) is 3.00. The molecular weight excluding hydrogens is 300 g/mol. The van der Waals surface area contributed by atoms with Gasteiger partial charge in [-0.25, -0.2) is 4.79 Å². The normalized spacial score (nSPS) is 31.4. The third-order valence-electron chi connectivity index (χ3n) is 4.90. The molecule has 0 bridgehead atoms. The van der Waals surface area contributed by atoms with E-state index in [2.05, 4.69) is 0 Å². The van der Waals surface area contributed by atoms with Crippen LogP contribution in [0.2, 0.25) is 0 Å². The largest absolute Gasteiger partial charge is 0.459 e. The number of thioether (sulfide) groups is 1. The molecule has 2 unspecified atom stereocenters. The molecule has 1 aromatic carbocycles. The fraction of sp³-hybridized carbons (Fsp3) is 0.500. The van der Waals surface area contributed by atoms with E-state index in [-0.39, 0.29) is 28.6 Å². The Kier molecular flexibility index (Phi) is 3.20. The minimum atomic E-state index is -0.465. The summed E-state index contributed by atoms with van der Waals surface area (Å²) < 4.78 is 5.33. The molecule has 3 atom stereocenters. The third-order valence-corrected chi connectivity index (χ3v) is 6.76. The predicted molar refractivity (Wildman–Crippen MR) is 82.8 cm³/mol. The van der Waals surface area contributed by atoms with Crippen molar-refractivity contribution in [3.8, 4) is 0 Å². The molecule has 1 amide bonds. The molecule has 22 heavy (non-hydrogen) atoms. The maximum Gasteiger partial charge on any atom is 0.330 e. The first-order valence-electron chi connectivity index (χ1n) is 7.58. The van der Waals surface area contributed by atoms with Crippen LogP contribution >= 0.6 is 11.8 Å². The number of amides is 1. The monoisotopic (exact) mass is 318 g/mol. The van der Waals surface area contributed by atoms with Gasteiger partial charge in [0.2, 0.25) is 5.91 Å². The van der Waals surface area contributed by atoms with Gasteiger partial charge in [0.15, 0.2) is 0 Å². The van der Waals surface area contributed by atoms with Crippen molar-refractivity contribution < 1.29 is 14.3 Å². The van der Waals surface area contributed by atoms with Crippen molar-refractivity contribution in [2.75, 3.05) is 0 Å². The fourth-order valence-corrected chi connectivity index (χ4v) is 5.47. The molecule has 2 saturated heterocycles. The Balaban J connectivity index is 1.50. The Morgan fingerprint density at radius 1 is 1.36 bits per heavy atom. The zero-order valence-corrected chi connectivity index (χ0v) is 12.9. The Labute approximate surface area is 133 Å². The molecule has 3 fully saturated rings. The highest BCUT2D eigenvalue weighted by molar-refractivity contribution is 8.01. The number of esters is 1. The number of carbonyl (C=O) groups excluding carboxylic acids is 2. The van der Waals surface area contributed by atoms with E-state index in [4.69, 9.17) is 10.5 Å². The van der Waals surface area contributed by atoms with Crippen LogP contribution in [0.1, 0.15) is 24.8 Å². The first-order valence-corrected chi connectivity index (χ1v) is 8.46. The molecule has 5 nitrogen and oxygen atoms in total. The molecule has 6 heteroatoms. The summed E-state index contributed by atoms with van der Waals surface area (Å²) in [7, 11) is 0. The average molecular weight is 318 g/mol. The van der Waals surface area contributed by atoms with E-state index in [0.29, 0.717) is 0 Å². The van der Waals surface area contributed by atoms with Crippen molar-refractivity contribution in [3.05, 3.63) is 35.9 Å². The topological polar surface area (TPSA) is 72.6 Å². The SMILES string of the molecule is NC1C(=O)N2C(C(=O)OCc3ccccc3)C3(CCC3)S[C@@H]12. The molecular formula is C16H18N2O3S. The Bertz CT molecular complexity index is 617. The molecule has 2 N–H and O–H groups in total. The molecule has 0 aromatic heterocycles. The summed E-state index contributed by atoms with van der Waals surface area (Å²) >= 11 is 1.70. The van der Waals surface area contributed by atoms with E-state index in [9.17, 15) is 9.59 Å². The van der Waals surface area contributed by atoms with Crippen molar-refractivity contribution in [3.63, 3.8) is 0 Å². The minimum absolute atomic E-state index is 0.0536. The molecule has 116 valence electrons. The van der Waals surface area contributed by atoms with Crippen LogP contribution in [0.4, 0.5) is 0 Å². The molecule has 2 heterocycles. The number of rotatable bonds is 3. The molecule has 1 saturated carbocycles. The molecule has 1 aromatic rings. The van der Waals surface area contributed by atoms with Gasteiger partial charge < -0.3 is 15.4 Å². The van der Waals surface area contributed by atoms with Gasteiger partial charge in [0, 0.05) is 4.75 Å². The second kappa shape index (κ2) is 4.99. The van der Waals surface area contributed by atoms with Crippen LogP contribution in [0, 0.1) is 0 Å². The van der Waals surface area contributed by atoms with Gasteiger partial charge in [-0.1, -0.05) is 36.8 Å². The van der Waals surface area contributed by atoms with E-state index in [1.54, 1.807) is 16.7 Å². The number of nitrogens with zero attached hydrogens (tertiary/aromatic N) is 1. The number of carbonyl (C=O) groups is 2. The van der Waals surface area contributed by atoms with Gasteiger partial charge in [-0.15, -0.1) is 11.8 Å². The second-order valence-electron chi connectivity index (χ2n) is 6.19. The molecule has 4 rings (SSSR count). The van der Waals surface area contributed by atoms with E-state index < -0.39 is 12.1 Å². The first-order chi connectivity index (χ1) is 10.6. The van der Waals surface area contributed by atoms with E-state index in [1.165, 1.54) is 0 Å². The van der Waals surface area contributed by atoms with Crippen molar-refractivity contribution in [2.45, 2.75) is 48.1 Å². The van der Waals surface area contributed by atoms with Crippen LogP contribution in [0.5, 0.6) is 0 Å². The second-order valence-corrected chi connectivity index (χ2v) is 7.73. The maximum absolute atomic E-state index is 12.6. The lowest BCUT2D eigenvalue weighted by Crippen LogP contribution is -2.69. The summed E-state index contributed by atoms with van der Waals surface area (Å²) in [6, 6.07) is 8.66. The highest BCUT2D eigenvalue weighted by atomic mass is 32.2. The smallest absolute Gasteiger partial charge is 0.330 e. The molecule has 1 aliphatic carbocycles. The minimum Gasteiger partial charge on any atom is -0.459 e. The zero-order valence-electron chi connectivity index (χ0n) is 12.1. The van der Waals surface area contributed by atoms with Crippen molar-refractivity contribution in [1.29, 1.82) is 0 Å². The van der Waals surface area contributed by atoms with Crippen molar-refractivity contribution >= 4 is 23.6 Å². The van der Waals surface area contributed by atoms with Crippen LogP contribution in [0.25, 0.3) is 0 Å². The number of β-lactam (4-membered cyclic amide) rings is 1. The zero-order chi connectivity index (χ0) is 15.3. The Morgan fingerprint density at radius 3 is 2.73 bits per heavy atom. The van der Waals surface area contributed by atoms with Gasteiger partial charge in [-0.2, -0.15) is 0 Å². The predicted octanol–water partition coefficient (Wildman–Crippen LogP) is 1.26. The van der Waals surface area contributed by atoms with Crippen molar-refractivity contribution in [2.24, 2.45) is 5.73 Å². The third kappa shape index (κ3) is 1.90. The summed E-state index contributed by atoms with van der Waals surface area (Å²) in [5.41, 5.74) is 6.82. The number of fused-ring (bicyclic) bond motifs is 1. The molecule has 0 radical (unpaired) electrons. The van der Waals surface area contributed by atoms with Gasteiger partial charge in [0.1, 0.15) is 24.1 Å². The number of benzene rings is 1. The van der Waals surface area contributed by atoms with Gasteiger partial charge in [-0.3, -0.25) is 4.79 Å². The first kappa shape index (κ1) is 14.1. The number of nitrogens with two attached hydrogens (primary N) is 1. The lowest BCUT2D eigenvalue weighted by atomic mass is 9.77. The van der Waals surface area contributed by atoms with E-state index >= 15 is 0 Å². The van der Waals surface area contributed by atoms with Gasteiger partial charge in [-0.05, 0) is 18.4 Å². The van der Waals surface area contributed by atoms with Crippen LogP contribution in [-0.4, -0.2) is 39.0 Å². The number of hydrogen-bond donors (Lipinski definition) is 1. The van der Waals surface area contributed by atoms with E-state index in [0.717, 1.165) is 24.8 Å². The average Bonchev–Trinajstić information content (AvgIpc) is 2.86. The number of ether oxygens (including phenoxy) is 1. The molecule has 1 spiro atoms.